The summed E-state index contributed by atoms with van der Waals surface area (Å²) in [7, 11) is 1.75. The van der Waals surface area contributed by atoms with Crippen molar-refractivity contribution in [2.75, 3.05) is 7.11 Å². The van der Waals surface area contributed by atoms with Crippen molar-refractivity contribution in [3.63, 3.8) is 0 Å². The highest BCUT2D eigenvalue weighted by atomic mass is 16.5. The Morgan fingerprint density at radius 2 is 1.76 bits per heavy atom. The Bertz CT molecular complexity index is 231. The minimum absolute atomic E-state index is 0.110. The molecule has 1 atom stereocenters. The lowest BCUT2D eigenvalue weighted by Gasteiger charge is -2.33. The first kappa shape index (κ1) is 15.0. The van der Waals surface area contributed by atoms with E-state index in [1.165, 1.54) is 12.8 Å². The summed E-state index contributed by atoms with van der Waals surface area (Å²) >= 11 is 0. The van der Waals surface area contributed by atoms with Gasteiger partial charge in [-0.2, -0.15) is 0 Å². The van der Waals surface area contributed by atoms with E-state index in [2.05, 4.69) is 27.7 Å². The van der Waals surface area contributed by atoms with Crippen LogP contribution >= 0.6 is 0 Å². The molecule has 0 radical (unpaired) electrons. The molecule has 1 unspecified atom stereocenters. The third kappa shape index (κ3) is 4.97. The molecule has 0 aliphatic heterocycles. The van der Waals surface area contributed by atoms with E-state index < -0.39 is 5.60 Å². The molecule has 2 nitrogen and oxygen atoms in total. The van der Waals surface area contributed by atoms with Crippen molar-refractivity contribution in [3.05, 3.63) is 0 Å². The van der Waals surface area contributed by atoms with Gasteiger partial charge in [0.25, 0.3) is 0 Å². The Labute approximate surface area is 107 Å². The van der Waals surface area contributed by atoms with E-state index in [-0.39, 0.29) is 5.60 Å². The van der Waals surface area contributed by atoms with E-state index in [9.17, 15) is 5.11 Å². The molecule has 102 valence electrons. The number of hydrogen-bond donors (Lipinski definition) is 1. The smallest absolute Gasteiger partial charge is 0.0677 e. The van der Waals surface area contributed by atoms with Crippen molar-refractivity contribution in [1.29, 1.82) is 0 Å². The summed E-state index contributed by atoms with van der Waals surface area (Å²) in [6.07, 6.45) is 6.32. The van der Waals surface area contributed by atoms with Crippen LogP contribution in [0.4, 0.5) is 0 Å². The molecule has 1 N–H and O–H groups in total. The minimum Gasteiger partial charge on any atom is -0.390 e. The molecule has 1 rings (SSSR count). The van der Waals surface area contributed by atoms with Crippen LogP contribution in [0.2, 0.25) is 0 Å². The van der Waals surface area contributed by atoms with Crippen LogP contribution in [0.15, 0.2) is 0 Å². The van der Waals surface area contributed by atoms with Crippen molar-refractivity contribution in [1.82, 2.24) is 0 Å². The van der Waals surface area contributed by atoms with Gasteiger partial charge in [-0.3, -0.25) is 0 Å². The Hall–Kier alpha value is -0.0800. The highest BCUT2D eigenvalue weighted by Crippen LogP contribution is 2.45. The molecule has 1 aliphatic carbocycles. The average molecular weight is 242 g/mol. The Balaban J connectivity index is 2.47. The molecule has 0 bridgehead atoms. The summed E-state index contributed by atoms with van der Waals surface area (Å²) in [6.45, 7) is 8.66. The lowest BCUT2D eigenvalue weighted by molar-refractivity contribution is -0.0431. The van der Waals surface area contributed by atoms with Crippen LogP contribution in [-0.2, 0) is 4.74 Å². The maximum absolute atomic E-state index is 10.8. The van der Waals surface area contributed by atoms with Crippen LogP contribution in [0, 0.1) is 11.8 Å². The Morgan fingerprint density at radius 3 is 2.18 bits per heavy atom. The average Bonchev–Trinajstić information content (AvgIpc) is 3.08. The molecular formula is C15H30O2. The van der Waals surface area contributed by atoms with E-state index in [0.717, 1.165) is 25.7 Å². The lowest BCUT2D eigenvalue weighted by atomic mass is 9.82. The predicted molar refractivity (Wildman–Crippen MR) is 72.1 cm³/mol. The van der Waals surface area contributed by atoms with Crippen molar-refractivity contribution >= 4 is 0 Å². The van der Waals surface area contributed by atoms with Gasteiger partial charge in [0.1, 0.15) is 0 Å². The molecule has 17 heavy (non-hydrogen) atoms. The third-order valence-electron chi connectivity index (χ3n) is 4.20. The molecule has 0 amide bonds. The second-order valence-electron chi connectivity index (χ2n) is 6.77. The van der Waals surface area contributed by atoms with E-state index in [1.807, 2.05) is 0 Å². The van der Waals surface area contributed by atoms with Crippen molar-refractivity contribution in [2.24, 2.45) is 11.8 Å². The summed E-state index contributed by atoms with van der Waals surface area (Å²) in [5.74, 6) is 1.23. The zero-order valence-electron chi connectivity index (χ0n) is 12.3. The highest BCUT2D eigenvalue weighted by Gasteiger charge is 2.43. The van der Waals surface area contributed by atoms with Crippen molar-refractivity contribution < 1.29 is 9.84 Å². The quantitative estimate of drug-likeness (QED) is 0.702. The molecule has 0 aromatic carbocycles. The standard InChI is InChI=1S/C15H30O2/c1-12(2)8-9-15(16,13-6-7-13)11-10-14(3,4)17-5/h12-13,16H,6-11H2,1-5H3. The van der Waals surface area contributed by atoms with Crippen LogP contribution in [0.3, 0.4) is 0 Å². The number of methoxy groups -OCH3 is 1. The third-order valence-corrected chi connectivity index (χ3v) is 4.20. The molecule has 0 aromatic rings. The number of rotatable bonds is 8. The largest absolute Gasteiger partial charge is 0.390 e. The minimum atomic E-state index is -0.430. The van der Waals surface area contributed by atoms with Gasteiger partial charge in [-0.05, 0) is 64.2 Å². The first-order chi connectivity index (χ1) is 7.79. The summed E-state index contributed by atoms with van der Waals surface area (Å²) < 4.78 is 5.45. The molecule has 0 spiro atoms. The first-order valence-electron chi connectivity index (χ1n) is 7.06. The first-order valence-corrected chi connectivity index (χ1v) is 7.06. The van der Waals surface area contributed by atoms with Gasteiger partial charge in [-0.25, -0.2) is 0 Å². The molecule has 1 aliphatic rings. The van der Waals surface area contributed by atoms with E-state index in [0.29, 0.717) is 11.8 Å². The normalized spacial score (nSPS) is 20.6. The van der Waals surface area contributed by atoms with Gasteiger partial charge < -0.3 is 9.84 Å². The maximum Gasteiger partial charge on any atom is 0.0677 e. The monoisotopic (exact) mass is 242 g/mol. The Kier molecular flexibility index (Phi) is 5.03. The van der Waals surface area contributed by atoms with Crippen LogP contribution in [-0.4, -0.2) is 23.4 Å². The second-order valence-corrected chi connectivity index (χ2v) is 6.77. The fourth-order valence-electron chi connectivity index (χ4n) is 2.31. The van der Waals surface area contributed by atoms with Crippen molar-refractivity contribution in [3.8, 4) is 0 Å². The molecule has 0 aromatic heterocycles. The molecule has 2 heteroatoms. The molecule has 0 heterocycles. The molecular weight excluding hydrogens is 212 g/mol. The van der Waals surface area contributed by atoms with Gasteiger partial charge in [-0.15, -0.1) is 0 Å². The molecule has 1 saturated carbocycles. The molecule has 0 saturated heterocycles. The van der Waals surface area contributed by atoms with Crippen LogP contribution in [0.5, 0.6) is 0 Å². The number of aliphatic hydroxyl groups is 1. The summed E-state index contributed by atoms with van der Waals surface area (Å²) in [6, 6.07) is 0. The second kappa shape index (κ2) is 5.71. The highest BCUT2D eigenvalue weighted by molar-refractivity contribution is 4.95. The Morgan fingerprint density at radius 1 is 1.18 bits per heavy atom. The zero-order chi connectivity index (χ0) is 13.1. The summed E-state index contributed by atoms with van der Waals surface area (Å²) in [5.41, 5.74) is -0.541. The maximum atomic E-state index is 10.8. The van der Waals surface area contributed by atoms with Gasteiger partial charge in [0.15, 0.2) is 0 Å². The fraction of sp³-hybridized carbons (Fsp3) is 1.00. The van der Waals surface area contributed by atoms with E-state index in [1.54, 1.807) is 7.11 Å². The van der Waals surface area contributed by atoms with Gasteiger partial charge in [-0.1, -0.05) is 13.8 Å². The van der Waals surface area contributed by atoms with Gasteiger partial charge in [0.05, 0.1) is 11.2 Å². The summed E-state index contributed by atoms with van der Waals surface area (Å²) in [5, 5.41) is 10.8. The van der Waals surface area contributed by atoms with Gasteiger partial charge in [0, 0.05) is 7.11 Å². The number of ether oxygens (including phenoxy) is 1. The zero-order valence-corrected chi connectivity index (χ0v) is 12.3. The van der Waals surface area contributed by atoms with Gasteiger partial charge in [0.2, 0.25) is 0 Å². The van der Waals surface area contributed by atoms with Crippen molar-refractivity contribution in [2.45, 2.75) is 77.4 Å². The van der Waals surface area contributed by atoms with E-state index in [4.69, 9.17) is 4.74 Å². The van der Waals surface area contributed by atoms with Crippen LogP contribution in [0.25, 0.3) is 0 Å². The number of hydrogen-bond acceptors (Lipinski definition) is 2. The van der Waals surface area contributed by atoms with Crippen LogP contribution < -0.4 is 0 Å². The summed E-state index contributed by atoms with van der Waals surface area (Å²) in [4.78, 5) is 0. The van der Waals surface area contributed by atoms with Crippen LogP contribution in [0.1, 0.15) is 66.2 Å². The van der Waals surface area contributed by atoms with Gasteiger partial charge >= 0.3 is 0 Å². The fourth-order valence-corrected chi connectivity index (χ4v) is 2.31. The van der Waals surface area contributed by atoms with E-state index >= 15 is 0 Å². The topological polar surface area (TPSA) is 29.5 Å². The predicted octanol–water partition coefficient (Wildman–Crippen LogP) is 3.77. The SMILES string of the molecule is COC(C)(C)CCC(O)(CCC(C)C)C1CC1. The molecule has 1 fully saturated rings. The lowest BCUT2D eigenvalue weighted by Crippen LogP contribution is -2.35.